The molecule has 4 rings (SSSR count). The van der Waals surface area contributed by atoms with Gasteiger partial charge in [-0.1, -0.05) is 11.6 Å². The van der Waals surface area contributed by atoms with Crippen LogP contribution < -0.4 is 5.32 Å². The van der Waals surface area contributed by atoms with Crippen LogP contribution in [-0.2, 0) is 0 Å². The minimum absolute atomic E-state index is 0.104. The summed E-state index contributed by atoms with van der Waals surface area (Å²) in [5.41, 5.74) is 0.806. The third-order valence-electron chi connectivity index (χ3n) is 4.86. The highest BCUT2D eigenvalue weighted by molar-refractivity contribution is 6.30. The van der Waals surface area contributed by atoms with E-state index in [1.807, 2.05) is 12.1 Å². The number of piperidine rings is 1. The Kier molecular flexibility index (Phi) is 3.49. The summed E-state index contributed by atoms with van der Waals surface area (Å²) in [7, 11) is 0. The molecule has 2 saturated heterocycles. The number of pyridine rings is 2. The molecule has 1 amide bonds. The zero-order valence-electron chi connectivity index (χ0n) is 12.4. The first-order chi connectivity index (χ1) is 11.1. The molecule has 2 unspecified atom stereocenters. The van der Waals surface area contributed by atoms with Crippen LogP contribution in [-0.4, -0.2) is 44.2 Å². The number of hydrogen-bond acceptors (Lipinski definition) is 4. The van der Waals surface area contributed by atoms with Crippen LogP contribution in [0, 0.1) is 0 Å². The fourth-order valence-electron chi connectivity index (χ4n) is 3.96. The van der Waals surface area contributed by atoms with Crippen LogP contribution in [0.4, 0.5) is 10.6 Å². The summed E-state index contributed by atoms with van der Waals surface area (Å²) < 4.78 is 0. The first-order valence-electron chi connectivity index (χ1n) is 7.81. The average molecular weight is 333 g/mol. The van der Waals surface area contributed by atoms with Gasteiger partial charge >= 0.3 is 6.09 Å². The van der Waals surface area contributed by atoms with Crippen LogP contribution in [0.25, 0.3) is 10.9 Å². The topological polar surface area (TPSA) is 78.4 Å². The first kappa shape index (κ1) is 14.5. The quantitative estimate of drug-likeness (QED) is 0.824. The van der Waals surface area contributed by atoms with E-state index in [2.05, 4.69) is 15.3 Å². The Bertz CT molecular complexity index is 755. The number of rotatable bonds is 2. The molecule has 0 spiro atoms. The van der Waals surface area contributed by atoms with E-state index in [4.69, 9.17) is 11.6 Å². The minimum Gasteiger partial charge on any atom is -0.465 e. The van der Waals surface area contributed by atoms with Crippen LogP contribution in [0.1, 0.15) is 25.7 Å². The van der Waals surface area contributed by atoms with Crippen molar-refractivity contribution < 1.29 is 9.90 Å². The van der Waals surface area contributed by atoms with Gasteiger partial charge in [-0.15, -0.1) is 0 Å². The lowest BCUT2D eigenvalue weighted by Gasteiger charge is -2.37. The lowest BCUT2D eigenvalue weighted by atomic mass is 9.97. The number of aromatic nitrogens is 2. The fraction of sp³-hybridized carbons (Fsp3) is 0.438. The van der Waals surface area contributed by atoms with Gasteiger partial charge in [0, 0.05) is 35.8 Å². The largest absolute Gasteiger partial charge is 0.465 e. The van der Waals surface area contributed by atoms with Crippen LogP contribution >= 0.6 is 11.6 Å². The van der Waals surface area contributed by atoms with Crippen molar-refractivity contribution in [1.29, 1.82) is 0 Å². The summed E-state index contributed by atoms with van der Waals surface area (Å²) >= 11 is 6.10. The predicted octanol–water partition coefficient (Wildman–Crippen LogP) is 3.37. The van der Waals surface area contributed by atoms with Crippen molar-refractivity contribution in [3.63, 3.8) is 0 Å². The van der Waals surface area contributed by atoms with Crippen molar-refractivity contribution in [2.75, 3.05) is 5.32 Å². The van der Waals surface area contributed by atoms with E-state index < -0.39 is 6.09 Å². The summed E-state index contributed by atoms with van der Waals surface area (Å²) in [6.45, 7) is 0. The molecule has 2 fully saturated rings. The van der Waals surface area contributed by atoms with Crippen LogP contribution in [0.3, 0.4) is 0 Å². The number of nitrogens with one attached hydrogen (secondary N) is 1. The molecule has 0 saturated carbocycles. The molecular formula is C16H17ClN4O2. The van der Waals surface area contributed by atoms with Gasteiger partial charge in [-0.2, -0.15) is 0 Å². The molecule has 4 heterocycles. The van der Waals surface area contributed by atoms with Crippen LogP contribution in [0.2, 0.25) is 5.15 Å². The van der Waals surface area contributed by atoms with Gasteiger partial charge in [0.05, 0.1) is 5.52 Å². The summed E-state index contributed by atoms with van der Waals surface area (Å²) in [6, 6.07) is 6.00. The van der Waals surface area contributed by atoms with E-state index in [1.54, 1.807) is 17.2 Å². The summed E-state index contributed by atoms with van der Waals surface area (Å²) in [5, 5.41) is 14.2. The van der Waals surface area contributed by atoms with E-state index in [-0.39, 0.29) is 18.1 Å². The highest BCUT2D eigenvalue weighted by Gasteiger charge is 2.43. The minimum atomic E-state index is -0.800. The number of amides is 1. The summed E-state index contributed by atoms with van der Waals surface area (Å²) in [5.74, 6) is 0.730. The van der Waals surface area contributed by atoms with Crippen molar-refractivity contribution in [2.45, 2.75) is 43.8 Å². The van der Waals surface area contributed by atoms with Crippen molar-refractivity contribution in [3.8, 4) is 0 Å². The Balaban J connectivity index is 1.59. The average Bonchev–Trinajstić information content (AvgIpc) is 2.79. The molecule has 2 atom stereocenters. The van der Waals surface area contributed by atoms with E-state index in [0.29, 0.717) is 5.15 Å². The molecule has 120 valence electrons. The Morgan fingerprint density at radius 3 is 2.78 bits per heavy atom. The van der Waals surface area contributed by atoms with Crippen molar-refractivity contribution in [3.05, 3.63) is 29.5 Å². The number of carbonyl (C=O) groups is 1. The first-order valence-corrected chi connectivity index (χ1v) is 8.18. The molecule has 0 radical (unpaired) electrons. The maximum atomic E-state index is 11.4. The van der Waals surface area contributed by atoms with Crippen molar-refractivity contribution in [2.24, 2.45) is 0 Å². The molecule has 23 heavy (non-hydrogen) atoms. The smallest absolute Gasteiger partial charge is 0.407 e. The predicted molar refractivity (Wildman–Crippen MR) is 87.9 cm³/mol. The maximum absolute atomic E-state index is 11.4. The molecule has 2 bridgehead atoms. The molecular weight excluding hydrogens is 316 g/mol. The number of nitrogens with zero attached hydrogens (tertiary/aromatic N) is 3. The van der Waals surface area contributed by atoms with Gasteiger partial charge in [-0.25, -0.2) is 9.78 Å². The van der Waals surface area contributed by atoms with E-state index >= 15 is 0 Å². The fourth-order valence-corrected chi connectivity index (χ4v) is 4.14. The van der Waals surface area contributed by atoms with Gasteiger partial charge in [0.1, 0.15) is 11.0 Å². The molecule has 0 aromatic carbocycles. The zero-order chi connectivity index (χ0) is 16.0. The molecule has 7 heteroatoms. The molecule has 2 aromatic heterocycles. The number of halogens is 1. The van der Waals surface area contributed by atoms with Gasteiger partial charge in [0.15, 0.2) is 0 Å². The SMILES string of the molecule is O=C(O)N1C2CCC1CC(Nc1nc(Cl)cc3ncccc13)C2. The van der Waals surface area contributed by atoms with Crippen LogP contribution in [0.5, 0.6) is 0 Å². The lowest BCUT2D eigenvalue weighted by Crippen LogP contribution is -2.49. The molecule has 0 aliphatic carbocycles. The number of carboxylic acid groups (broad SMARTS) is 1. The number of fused-ring (bicyclic) bond motifs is 3. The summed E-state index contributed by atoms with van der Waals surface area (Å²) in [6.07, 6.45) is 4.43. The van der Waals surface area contributed by atoms with Gasteiger partial charge in [-0.3, -0.25) is 4.98 Å². The molecule has 6 nitrogen and oxygen atoms in total. The van der Waals surface area contributed by atoms with Crippen molar-refractivity contribution >= 4 is 34.4 Å². The Hall–Kier alpha value is -2.08. The van der Waals surface area contributed by atoms with Gasteiger partial charge in [0.2, 0.25) is 0 Å². The van der Waals surface area contributed by atoms with Gasteiger partial charge in [-0.05, 0) is 37.8 Å². The van der Waals surface area contributed by atoms with Crippen molar-refractivity contribution in [1.82, 2.24) is 14.9 Å². The molecule has 2 aliphatic rings. The lowest BCUT2D eigenvalue weighted by molar-refractivity contribution is 0.0994. The third kappa shape index (κ3) is 2.57. The second-order valence-electron chi connectivity index (χ2n) is 6.25. The van der Waals surface area contributed by atoms with E-state index in [0.717, 1.165) is 42.4 Å². The number of hydrogen-bond donors (Lipinski definition) is 2. The highest BCUT2D eigenvalue weighted by Crippen LogP contribution is 2.37. The second kappa shape index (κ2) is 5.53. The normalized spacial score (nSPS) is 26.5. The second-order valence-corrected chi connectivity index (χ2v) is 6.64. The molecule has 2 N–H and O–H groups in total. The number of anilines is 1. The van der Waals surface area contributed by atoms with E-state index in [1.165, 1.54) is 0 Å². The molecule has 2 aromatic rings. The molecule has 2 aliphatic heterocycles. The van der Waals surface area contributed by atoms with Gasteiger partial charge in [0.25, 0.3) is 0 Å². The maximum Gasteiger partial charge on any atom is 0.407 e. The zero-order valence-corrected chi connectivity index (χ0v) is 13.2. The van der Waals surface area contributed by atoms with E-state index in [9.17, 15) is 9.90 Å². The highest BCUT2D eigenvalue weighted by atomic mass is 35.5. The Labute approximate surface area is 138 Å². The summed E-state index contributed by atoms with van der Waals surface area (Å²) in [4.78, 5) is 21.7. The Morgan fingerprint density at radius 2 is 2.09 bits per heavy atom. The van der Waals surface area contributed by atoms with Crippen LogP contribution in [0.15, 0.2) is 24.4 Å². The van der Waals surface area contributed by atoms with Gasteiger partial charge < -0.3 is 15.3 Å². The standard InChI is InChI=1S/C16H17ClN4O2/c17-14-8-13-12(2-1-5-18-13)15(20-14)19-9-6-10-3-4-11(7-9)21(10)16(22)23/h1-2,5,8-11H,3-4,6-7H2,(H,19,20)(H,22,23). The third-order valence-corrected chi connectivity index (χ3v) is 5.06. The Morgan fingerprint density at radius 1 is 1.35 bits per heavy atom. The monoisotopic (exact) mass is 332 g/mol.